The molecule has 2 heterocycles. The number of rotatable bonds is 5. The second-order valence-electron chi connectivity index (χ2n) is 6.18. The second-order valence-corrected chi connectivity index (χ2v) is 6.18. The summed E-state index contributed by atoms with van der Waals surface area (Å²) in [6.45, 7) is 2.88. The van der Waals surface area contributed by atoms with Crippen LogP contribution >= 0.6 is 0 Å². The van der Waals surface area contributed by atoms with Gasteiger partial charge in [-0.1, -0.05) is 12.1 Å². The first-order chi connectivity index (χ1) is 12.2. The Morgan fingerprint density at radius 2 is 1.92 bits per heavy atom. The maximum Gasteiger partial charge on any atom is 0.315 e. The van der Waals surface area contributed by atoms with Crippen molar-refractivity contribution in [3.63, 3.8) is 0 Å². The van der Waals surface area contributed by atoms with E-state index in [-0.39, 0.29) is 11.8 Å². The maximum absolute atomic E-state index is 12.8. The molecule has 2 aromatic rings. The van der Waals surface area contributed by atoms with Gasteiger partial charge in [0.05, 0.1) is 6.20 Å². The molecule has 0 atom stereocenters. The molecule has 132 valence electrons. The first-order valence-electron chi connectivity index (χ1n) is 8.48. The van der Waals surface area contributed by atoms with E-state index in [1.165, 1.54) is 12.1 Å². The number of carbonyl (C=O) groups excluding carboxylic acids is 1. The average Bonchev–Trinajstić information content (AvgIpc) is 2.67. The lowest BCUT2D eigenvalue weighted by molar-refractivity contribution is 0.237. The molecule has 1 fully saturated rings. The largest absolute Gasteiger partial charge is 0.355 e. The van der Waals surface area contributed by atoms with Gasteiger partial charge in [-0.25, -0.2) is 14.2 Å². The number of piperidine rings is 1. The van der Waals surface area contributed by atoms with Gasteiger partial charge in [-0.2, -0.15) is 0 Å². The highest BCUT2D eigenvalue weighted by Gasteiger charge is 2.20. The molecule has 0 bridgehead atoms. The van der Waals surface area contributed by atoms with Crippen LogP contribution in [-0.2, 0) is 6.54 Å². The van der Waals surface area contributed by atoms with Gasteiger partial charge in [-0.15, -0.1) is 0 Å². The highest BCUT2D eigenvalue weighted by molar-refractivity contribution is 5.73. The smallest absolute Gasteiger partial charge is 0.315 e. The number of anilines is 1. The summed E-state index contributed by atoms with van der Waals surface area (Å²) >= 11 is 0. The predicted octanol–water partition coefficient (Wildman–Crippen LogP) is 2.33. The summed E-state index contributed by atoms with van der Waals surface area (Å²) in [6.07, 6.45) is 7.17. The fourth-order valence-corrected chi connectivity index (χ4v) is 2.90. The van der Waals surface area contributed by atoms with Gasteiger partial charge in [0, 0.05) is 38.6 Å². The van der Waals surface area contributed by atoms with Gasteiger partial charge in [0.1, 0.15) is 11.6 Å². The first kappa shape index (κ1) is 17.1. The number of amides is 2. The van der Waals surface area contributed by atoms with E-state index in [1.54, 1.807) is 30.7 Å². The van der Waals surface area contributed by atoms with Crippen LogP contribution in [0, 0.1) is 11.7 Å². The van der Waals surface area contributed by atoms with Gasteiger partial charge in [0.2, 0.25) is 0 Å². The highest BCUT2D eigenvalue weighted by Crippen LogP contribution is 2.20. The Balaban J connectivity index is 1.35. The monoisotopic (exact) mass is 343 g/mol. The summed E-state index contributed by atoms with van der Waals surface area (Å²) in [5.41, 5.74) is 0.869. The number of hydrogen-bond donors (Lipinski definition) is 2. The average molecular weight is 343 g/mol. The Labute approximate surface area is 146 Å². The van der Waals surface area contributed by atoms with Crippen molar-refractivity contribution in [3.8, 4) is 0 Å². The number of benzene rings is 1. The van der Waals surface area contributed by atoms with E-state index in [9.17, 15) is 9.18 Å². The fourth-order valence-electron chi connectivity index (χ4n) is 2.90. The summed E-state index contributed by atoms with van der Waals surface area (Å²) < 4.78 is 12.8. The molecule has 2 amide bonds. The molecule has 0 aliphatic carbocycles. The fraction of sp³-hybridized carbons (Fsp3) is 0.389. The molecular formula is C18H22FN5O. The van der Waals surface area contributed by atoms with Crippen LogP contribution in [0.15, 0.2) is 42.9 Å². The molecule has 1 aliphatic heterocycles. The van der Waals surface area contributed by atoms with Gasteiger partial charge in [-0.05, 0) is 36.5 Å². The number of aromatic nitrogens is 2. The third kappa shape index (κ3) is 5.14. The standard InChI is InChI=1S/C18H22FN5O/c19-16-3-1-14(2-4-16)11-22-18(25)23-12-15-5-9-24(10-6-15)17-13-20-7-8-21-17/h1-4,7-8,13,15H,5-6,9-12H2,(H2,22,23,25). The van der Waals surface area contributed by atoms with Crippen molar-refractivity contribution in [1.29, 1.82) is 0 Å². The molecular weight excluding hydrogens is 321 g/mol. The Hall–Kier alpha value is -2.70. The Morgan fingerprint density at radius 1 is 1.16 bits per heavy atom. The van der Waals surface area contributed by atoms with E-state index >= 15 is 0 Å². The van der Waals surface area contributed by atoms with Crippen molar-refractivity contribution < 1.29 is 9.18 Å². The minimum absolute atomic E-state index is 0.194. The van der Waals surface area contributed by atoms with Crippen LogP contribution in [0.3, 0.4) is 0 Å². The van der Waals surface area contributed by atoms with Gasteiger partial charge in [-0.3, -0.25) is 4.98 Å². The van der Waals surface area contributed by atoms with Crippen LogP contribution in [0.5, 0.6) is 0 Å². The number of nitrogens with one attached hydrogen (secondary N) is 2. The SMILES string of the molecule is O=C(NCc1ccc(F)cc1)NCC1CCN(c2cnccn2)CC1. The zero-order valence-corrected chi connectivity index (χ0v) is 14.0. The Bertz CT molecular complexity index is 672. The lowest BCUT2D eigenvalue weighted by Crippen LogP contribution is -2.42. The van der Waals surface area contributed by atoms with Crippen LogP contribution < -0.4 is 15.5 Å². The number of carbonyl (C=O) groups is 1. The van der Waals surface area contributed by atoms with Crippen molar-refractivity contribution in [2.75, 3.05) is 24.5 Å². The van der Waals surface area contributed by atoms with Gasteiger partial charge >= 0.3 is 6.03 Å². The topological polar surface area (TPSA) is 70.2 Å². The number of nitrogens with zero attached hydrogens (tertiary/aromatic N) is 3. The lowest BCUT2D eigenvalue weighted by atomic mass is 9.97. The summed E-state index contributed by atoms with van der Waals surface area (Å²) in [5.74, 6) is 1.09. The van der Waals surface area contributed by atoms with E-state index < -0.39 is 0 Å². The molecule has 0 spiro atoms. The molecule has 3 rings (SSSR count). The number of urea groups is 1. The van der Waals surface area contributed by atoms with E-state index in [0.29, 0.717) is 19.0 Å². The van der Waals surface area contributed by atoms with Crippen molar-refractivity contribution >= 4 is 11.8 Å². The molecule has 6 nitrogen and oxygen atoms in total. The van der Waals surface area contributed by atoms with Crippen molar-refractivity contribution in [1.82, 2.24) is 20.6 Å². The van der Waals surface area contributed by atoms with Gasteiger partial charge in [0.25, 0.3) is 0 Å². The van der Waals surface area contributed by atoms with Crippen LogP contribution in [0.1, 0.15) is 18.4 Å². The summed E-state index contributed by atoms with van der Waals surface area (Å²) in [6, 6.07) is 5.91. The number of halogens is 1. The minimum atomic E-state index is -0.277. The molecule has 0 unspecified atom stereocenters. The van der Waals surface area contributed by atoms with Gasteiger partial charge < -0.3 is 15.5 Å². The Kier molecular flexibility index (Phi) is 5.77. The second kappa shape index (κ2) is 8.41. The highest BCUT2D eigenvalue weighted by atomic mass is 19.1. The van der Waals surface area contributed by atoms with Gasteiger partial charge in [0.15, 0.2) is 0 Å². The Morgan fingerprint density at radius 3 is 2.60 bits per heavy atom. The van der Waals surface area contributed by atoms with E-state index in [1.807, 2.05) is 0 Å². The van der Waals surface area contributed by atoms with E-state index in [4.69, 9.17) is 0 Å². The molecule has 1 aliphatic rings. The van der Waals surface area contributed by atoms with E-state index in [0.717, 1.165) is 37.3 Å². The molecule has 1 aromatic carbocycles. The summed E-state index contributed by atoms with van der Waals surface area (Å²) in [4.78, 5) is 22.5. The number of hydrogen-bond acceptors (Lipinski definition) is 4. The van der Waals surface area contributed by atoms with Crippen molar-refractivity contribution in [2.45, 2.75) is 19.4 Å². The minimum Gasteiger partial charge on any atom is -0.355 e. The maximum atomic E-state index is 12.8. The molecule has 0 radical (unpaired) electrons. The van der Waals surface area contributed by atoms with Crippen LogP contribution in [-0.4, -0.2) is 35.6 Å². The normalized spacial score (nSPS) is 15.0. The molecule has 2 N–H and O–H groups in total. The molecule has 7 heteroatoms. The molecule has 25 heavy (non-hydrogen) atoms. The van der Waals surface area contributed by atoms with Crippen molar-refractivity contribution in [3.05, 3.63) is 54.2 Å². The van der Waals surface area contributed by atoms with Crippen LogP contribution in [0.4, 0.5) is 15.0 Å². The predicted molar refractivity (Wildman–Crippen MR) is 93.6 cm³/mol. The third-order valence-corrected chi connectivity index (χ3v) is 4.41. The third-order valence-electron chi connectivity index (χ3n) is 4.41. The lowest BCUT2D eigenvalue weighted by Gasteiger charge is -2.32. The zero-order valence-electron chi connectivity index (χ0n) is 14.0. The summed E-state index contributed by atoms with van der Waals surface area (Å²) in [5, 5.41) is 5.71. The first-order valence-corrected chi connectivity index (χ1v) is 8.48. The quantitative estimate of drug-likeness (QED) is 0.874. The van der Waals surface area contributed by atoms with Crippen LogP contribution in [0.25, 0.3) is 0 Å². The van der Waals surface area contributed by atoms with Crippen LogP contribution in [0.2, 0.25) is 0 Å². The summed E-state index contributed by atoms with van der Waals surface area (Å²) in [7, 11) is 0. The van der Waals surface area contributed by atoms with Crippen molar-refractivity contribution in [2.24, 2.45) is 5.92 Å². The molecule has 1 aromatic heterocycles. The molecule has 0 saturated carbocycles. The van der Waals surface area contributed by atoms with E-state index in [2.05, 4.69) is 25.5 Å². The zero-order chi connectivity index (χ0) is 17.5. The molecule has 1 saturated heterocycles.